The lowest BCUT2D eigenvalue weighted by molar-refractivity contribution is 0.0136. The molecular weight excluding hydrogens is 126 g/mol. The molecule has 0 saturated carbocycles. The Hall–Kier alpha value is -0.0800. The van der Waals surface area contributed by atoms with E-state index in [1.165, 1.54) is 12.8 Å². The minimum absolute atomic E-state index is 0.160. The molecule has 10 heavy (non-hydrogen) atoms. The van der Waals surface area contributed by atoms with E-state index in [0.29, 0.717) is 0 Å². The fourth-order valence-electron chi connectivity index (χ4n) is 1.48. The molecule has 1 saturated heterocycles. The van der Waals surface area contributed by atoms with Crippen molar-refractivity contribution in [3.05, 3.63) is 0 Å². The maximum atomic E-state index is 9.47. The van der Waals surface area contributed by atoms with Crippen LogP contribution in [0.4, 0.5) is 0 Å². The van der Waals surface area contributed by atoms with Crippen molar-refractivity contribution >= 4 is 0 Å². The molecule has 0 aromatic carbocycles. The molecule has 2 heteroatoms. The Kier molecular flexibility index (Phi) is 3.16. The number of hydrogen-bond donors (Lipinski definition) is 1. The largest absolute Gasteiger partial charge is 0.378 e. The third-order valence-corrected chi connectivity index (χ3v) is 2.11. The molecule has 1 fully saturated rings. The van der Waals surface area contributed by atoms with Crippen molar-refractivity contribution in [1.29, 1.82) is 0 Å². The molecule has 60 valence electrons. The number of rotatable bonds is 3. The maximum Gasteiger partial charge on any atom is 0.107 e. The summed E-state index contributed by atoms with van der Waals surface area (Å²) in [5.74, 6) is 0. The van der Waals surface area contributed by atoms with Gasteiger partial charge in [0, 0.05) is 13.1 Å². The Morgan fingerprint density at radius 3 is 2.50 bits per heavy atom. The first-order valence-corrected chi connectivity index (χ1v) is 4.26. The number of aliphatic hydroxyl groups excluding tert-OH is 1. The number of aliphatic hydroxyl groups is 1. The summed E-state index contributed by atoms with van der Waals surface area (Å²) in [6, 6.07) is 0. The van der Waals surface area contributed by atoms with Crippen LogP contribution in [0.1, 0.15) is 32.6 Å². The van der Waals surface area contributed by atoms with Crippen LogP contribution < -0.4 is 0 Å². The minimum Gasteiger partial charge on any atom is -0.378 e. The quantitative estimate of drug-likeness (QED) is 0.641. The summed E-state index contributed by atoms with van der Waals surface area (Å²) in [6.07, 6.45) is 4.38. The zero-order valence-electron chi connectivity index (χ0n) is 6.71. The predicted octanol–water partition coefficient (Wildman–Crippen LogP) is 1.20. The molecule has 1 aliphatic heterocycles. The fourth-order valence-corrected chi connectivity index (χ4v) is 1.48. The van der Waals surface area contributed by atoms with E-state index in [1.807, 2.05) is 0 Å². The SMILES string of the molecule is CCCC(O)N1CCCC1. The second-order valence-electron chi connectivity index (χ2n) is 3.01. The number of likely N-dealkylation sites (tertiary alicyclic amines) is 1. The van der Waals surface area contributed by atoms with Crippen LogP contribution in [-0.2, 0) is 0 Å². The minimum atomic E-state index is -0.160. The molecule has 0 bridgehead atoms. The Morgan fingerprint density at radius 2 is 2.00 bits per heavy atom. The van der Waals surface area contributed by atoms with E-state index >= 15 is 0 Å². The third kappa shape index (κ3) is 1.96. The first kappa shape index (κ1) is 8.02. The lowest BCUT2D eigenvalue weighted by atomic mass is 10.3. The second-order valence-corrected chi connectivity index (χ2v) is 3.01. The highest BCUT2D eigenvalue weighted by atomic mass is 16.3. The summed E-state index contributed by atoms with van der Waals surface area (Å²) in [5.41, 5.74) is 0. The molecule has 0 spiro atoms. The molecule has 1 aliphatic rings. The molecule has 1 atom stereocenters. The summed E-state index contributed by atoms with van der Waals surface area (Å²) in [6.45, 7) is 4.31. The molecular formula is C8H17NO. The predicted molar refractivity (Wildman–Crippen MR) is 41.7 cm³/mol. The third-order valence-electron chi connectivity index (χ3n) is 2.11. The van der Waals surface area contributed by atoms with Crippen LogP contribution in [0.25, 0.3) is 0 Å². The second kappa shape index (κ2) is 3.94. The zero-order chi connectivity index (χ0) is 7.40. The maximum absolute atomic E-state index is 9.47. The first-order valence-electron chi connectivity index (χ1n) is 4.26. The monoisotopic (exact) mass is 143 g/mol. The van der Waals surface area contributed by atoms with Gasteiger partial charge in [-0.25, -0.2) is 0 Å². The van der Waals surface area contributed by atoms with E-state index in [-0.39, 0.29) is 6.23 Å². The van der Waals surface area contributed by atoms with Gasteiger partial charge in [0.1, 0.15) is 6.23 Å². The van der Waals surface area contributed by atoms with E-state index in [4.69, 9.17) is 0 Å². The molecule has 1 rings (SSSR count). The standard InChI is InChI=1S/C8H17NO/c1-2-5-8(10)9-6-3-4-7-9/h8,10H,2-7H2,1H3. The van der Waals surface area contributed by atoms with Gasteiger partial charge in [0.25, 0.3) is 0 Å². The molecule has 1 N–H and O–H groups in total. The van der Waals surface area contributed by atoms with E-state index < -0.39 is 0 Å². The van der Waals surface area contributed by atoms with Crippen LogP contribution in [0.5, 0.6) is 0 Å². The highest BCUT2D eigenvalue weighted by molar-refractivity contribution is 4.68. The van der Waals surface area contributed by atoms with Crippen molar-refractivity contribution in [1.82, 2.24) is 4.90 Å². The molecule has 0 aromatic rings. The number of hydrogen-bond acceptors (Lipinski definition) is 2. The number of nitrogens with zero attached hydrogens (tertiary/aromatic N) is 1. The van der Waals surface area contributed by atoms with Gasteiger partial charge in [-0.05, 0) is 19.3 Å². The van der Waals surface area contributed by atoms with Gasteiger partial charge in [0.15, 0.2) is 0 Å². The van der Waals surface area contributed by atoms with Crippen LogP contribution in [-0.4, -0.2) is 29.3 Å². The Morgan fingerprint density at radius 1 is 1.40 bits per heavy atom. The first-order chi connectivity index (χ1) is 4.84. The van der Waals surface area contributed by atoms with Gasteiger partial charge < -0.3 is 5.11 Å². The average Bonchev–Trinajstić information content (AvgIpc) is 2.38. The molecule has 0 aliphatic carbocycles. The summed E-state index contributed by atoms with van der Waals surface area (Å²) in [7, 11) is 0. The Labute approximate surface area is 62.8 Å². The molecule has 2 nitrogen and oxygen atoms in total. The zero-order valence-corrected chi connectivity index (χ0v) is 6.71. The van der Waals surface area contributed by atoms with Gasteiger partial charge in [-0.15, -0.1) is 0 Å². The molecule has 0 aromatic heterocycles. The molecule has 1 heterocycles. The van der Waals surface area contributed by atoms with Gasteiger partial charge in [0.05, 0.1) is 0 Å². The van der Waals surface area contributed by atoms with E-state index in [1.54, 1.807) is 0 Å². The van der Waals surface area contributed by atoms with E-state index in [9.17, 15) is 5.11 Å². The highest BCUT2D eigenvalue weighted by Crippen LogP contribution is 2.12. The van der Waals surface area contributed by atoms with Crippen LogP contribution >= 0.6 is 0 Å². The summed E-state index contributed by atoms with van der Waals surface area (Å²) in [4.78, 5) is 2.17. The highest BCUT2D eigenvalue weighted by Gasteiger charge is 2.17. The molecule has 1 unspecified atom stereocenters. The van der Waals surface area contributed by atoms with Gasteiger partial charge in [0.2, 0.25) is 0 Å². The summed E-state index contributed by atoms with van der Waals surface area (Å²) < 4.78 is 0. The van der Waals surface area contributed by atoms with E-state index in [0.717, 1.165) is 25.9 Å². The summed E-state index contributed by atoms with van der Waals surface area (Å²) in [5, 5.41) is 9.47. The molecule has 0 radical (unpaired) electrons. The normalized spacial score (nSPS) is 23.4. The van der Waals surface area contributed by atoms with Crippen LogP contribution in [0.2, 0.25) is 0 Å². The van der Waals surface area contributed by atoms with Crippen molar-refractivity contribution < 1.29 is 5.11 Å². The fraction of sp³-hybridized carbons (Fsp3) is 1.00. The van der Waals surface area contributed by atoms with Crippen LogP contribution in [0.15, 0.2) is 0 Å². The lowest BCUT2D eigenvalue weighted by Crippen LogP contribution is -2.31. The topological polar surface area (TPSA) is 23.5 Å². The summed E-state index contributed by atoms with van der Waals surface area (Å²) >= 11 is 0. The van der Waals surface area contributed by atoms with Crippen LogP contribution in [0.3, 0.4) is 0 Å². The lowest BCUT2D eigenvalue weighted by Gasteiger charge is -2.21. The average molecular weight is 143 g/mol. The Bertz CT molecular complexity index is 89.3. The van der Waals surface area contributed by atoms with Crippen molar-refractivity contribution in [2.75, 3.05) is 13.1 Å². The smallest absolute Gasteiger partial charge is 0.107 e. The van der Waals surface area contributed by atoms with Gasteiger partial charge >= 0.3 is 0 Å². The van der Waals surface area contributed by atoms with Crippen LogP contribution in [0, 0.1) is 0 Å². The van der Waals surface area contributed by atoms with Gasteiger partial charge in [-0.3, -0.25) is 4.90 Å². The van der Waals surface area contributed by atoms with Crippen molar-refractivity contribution in [3.63, 3.8) is 0 Å². The van der Waals surface area contributed by atoms with Crippen molar-refractivity contribution in [2.24, 2.45) is 0 Å². The van der Waals surface area contributed by atoms with Gasteiger partial charge in [-0.2, -0.15) is 0 Å². The van der Waals surface area contributed by atoms with Crippen molar-refractivity contribution in [2.45, 2.75) is 38.8 Å². The van der Waals surface area contributed by atoms with Gasteiger partial charge in [-0.1, -0.05) is 13.3 Å². The van der Waals surface area contributed by atoms with E-state index in [2.05, 4.69) is 11.8 Å². The Balaban J connectivity index is 2.18. The molecule has 0 amide bonds. The van der Waals surface area contributed by atoms with Crippen molar-refractivity contribution in [3.8, 4) is 0 Å².